The van der Waals surface area contributed by atoms with Crippen LogP contribution in [0.2, 0.25) is 0 Å². The maximum absolute atomic E-state index is 12.1. The van der Waals surface area contributed by atoms with Crippen molar-refractivity contribution in [2.24, 2.45) is 0 Å². The summed E-state index contributed by atoms with van der Waals surface area (Å²) in [5.74, 6) is 1.40. The molecular formula is C17H17N3O4. The summed E-state index contributed by atoms with van der Waals surface area (Å²) < 4.78 is 15.9. The number of oxazole rings is 1. The Morgan fingerprint density at radius 3 is 2.62 bits per heavy atom. The first-order valence-corrected chi connectivity index (χ1v) is 7.54. The normalized spacial score (nSPS) is 12.1. The number of ether oxygens (including phenoxy) is 1. The first-order valence-electron chi connectivity index (χ1n) is 7.54. The fraction of sp³-hybridized carbons (Fsp3) is 0.294. The third-order valence-electron chi connectivity index (χ3n) is 3.42. The van der Waals surface area contributed by atoms with Crippen LogP contribution in [0.15, 0.2) is 39.3 Å². The number of rotatable bonds is 5. The van der Waals surface area contributed by atoms with E-state index in [-0.39, 0.29) is 12.3 Å². The average molecular weight is 327 g/mol. The number of carbonyl (C=O) groups is 1. The molecule has 1 atom stereocenters. The van der Waals surface area contributed by atoms with Crippen LogP contribution in [0.3, 0.4) is 0 Å². The Labute approximate surface area is 138 Å². The molecule has 7 heteroatoms. The second-order valence-electron chi connectivity index (χ2n) is 5.38. The van der Waals surface area contributed by atoms with Gasteiger partial charge in [-0.3, -0.25) is 4.79 Å². The van der Waals surface area contributed by atoms with Gasteiger partial charge in [0.25, 0.3) is 5.89 Å². The molecule has 0 aliphatic carbocycles. The van der Waals surface area contributed by atoms with Crippen LogP contribution in [0.5, 0.6) is 0 Å². The third kappa shape index (κ3) is 3.51. The first kappa shape index (κ1) is 15.9. The fourth-order valence-electron chi connectivity index (χ4n) is 2.20. The molecule has 0 bridgehead atoms. The monoisotopic (exact) mass is 327 g/mol. The Balaban J connectivity index is 1.67. The van der Waals surface area contributed by atoms with Crippen molar-refractivity contribution < 1.29 is 18.5 Å². The van der Waals surface area contributed by atoms with Gasteiger partial charge >= 0.3 is 5.97 Å². The Morgan fingerprint density at radius 1 is 1.21 bits per heavy atom. The van der Waals surface area contributed by atoms with Gasteiger partial charge in [-0.2, -0.15) is 4.98 Å². The van der Waals surface area contributed by atoms with Crippen LogP contribution >= 0.6 is 0 Å². The maximum Gasteiger partial charge on any atom is 0.312 e. The number of aryl methyl sites for hydroxylation is 2. The van der Waals surface area contributed by atoms with Gasteiger partial charge in [0.1, 0.15) is 5.76 Å². The standard InChI is InChI=1S/C17H17N3O4/c1-10-14(19-17(23-10)13-7-5-4-6-8-13)9-15(21)22-11(2)16-18-12(3)20-24-16/h4-8,11H,9H2,1-3H3. The highest BCUT2D eigenvalue weighted by Crippen LogP contribution is 2.22. The number of esters is 1. The highest BCUT2D eigenvalue weighted by molar-refractivity contribution is 5.72. The third-order valence-corrected chi connectivity index (χ3v) is 3.42. The molecule has 2 aromatic heterocycles. The van der Waals surface area contributed by atoms with E-state index in [1.54, 1.807) is 20.8 Å². The van der Waals surface area contributed by atoms with E-state index in [0.29, 0.717) is 23.2 Å². The van der Waals surface area contributed by atoms with Gasteiger partial charge in [0.15, 0.2) is 11.9 Å². The van der Waals surface area contributed by atoms with E-state index in [1.807, 2.05) is 30.3 Å². The predicted octanol–water partition coefficient (Wildman–Crippen LogP) is 3.19. The summed E-state index contributed by atoms with van der Waals surface area (Å²) >= 11 is 0. The minimum Gasteiger partial charge on any atom is -0.452 e. The van der Waals surface area contributed by atoms with Gasteiger partial charge in [0.05, 0.1) is 12.1 Å². The fourth-order valence-corrected chi connectivity index (χ4v) is 2.20. The minimum absolute atomic E-state index is 0.0135. The molecule has 0 N–H and O–H groups in total. The summed E-state index contributed by atoms with van der Waals surface area (Å²) in [5.41, 5.74) is 1.41. The summed E-state index contributed by atoms with van der Waals surface area (Å²) in [6.45, 7) is 5.15. The summed E-state index contributed by atoms with van der Waals surface area (Å²) in [7, 11) is 0. The van der Waals surface area contributed by atoms with Crippen LogP contribution in [-0.4, -0.2) is 21.1 Å². The zero-order valence-corrected chi connectivity index (χ0v) is 13.6. The first-order chi connectivity index (χ1) is 11.5. The smallest absolute Gasteiger partial charge is 0.312 e. The van der Waals surface area contributed by atoms with Gasteiger partial charge in [-0.1, -0.05) is 23.4 Å². The van der Waals surface area contributed by atoms with Crippen molar-refractivity contribution in [2.75, 3.05) is 0 Å². The van der Waals surface area contributed by atoms with Crippen LogP contribution in [0, 0.1) is 13.8 Å². The molecule has 0 aliphatic heterocycles. The average Bonchev–Trinajstić information content (AvgIpc) is 3.15. The molecule has 7 nitrogen and oxygen atoms in total. The predicted molar refractivity (Wildman–Crippen MR) is 83.9 cm³/mol. The van der Waals surface area contributed by atoms with E-state index in [1.165, 1.54) is 0 Å². The van der Waals surface area contributed by atoms with Crippen molar-refractivity contribution in [1.82, 2.24) is 15.1 Å². The Hall–Kier alpha value is -2.96. The molecule has 0 spiro atoms. The summed E-state index contributed by atoms with van der Waals surface area (Å²) in [6, 6.07) is 9.51. The van der Waals surface area contributed by atoms with Gasteiger partial charge in [0.2, 0.25) is 5.89 Å². The lowest BCUT2D eigenvalue weighted by Crippen LogP contribution is -2.12. The van der Waals surface area contributed by atoms with Gasteiger partial charge in [-0.05, 0) is 32.9 Å². The second-order valence-corrected chi connectivity index (χ2v) is 5.38. The maximum atomic E-state index is 12.1. The largest absolute Gasteiger partial charge is 0.452 e. The van der Waals surface area contributed by atoms with Crippen molar-refractivity contribution in [3.63, 3.8) is 0 Å². The van der Waals surface area contributed by atoms with Gasteiger partial charge in [-0.15, -0.1) is 0 Å². The lowest BCUT2D eigenvalue weighted by atomic mass is 10.2. The van der Waals surface area contributed by atoms with E-state index in [0.717, 1.165) is 5.56 Å². The quantitative estimate of drug-likeness (QED) is 0.664. The van der Waals surface area contributed by atoms with E-state index in [4.69, 9.17) is 13.7 Å². The molecular weight excluding hydrogens is 310 g/mol. The van der Waals surface area contributed by atoms with E-state index < -0.39 is 12.1 Å². The Morgan fingerprint density at radius 2 is 1.96 bits per heavy atom. The van der Waals surface area contributed by atoms with Gasteiger partial charge < -0.3 is 13.7 Å². The van der Waals surface area contributed by atoms with E-state index >= 15 is 0 Å². The lowest BCUT2D eigenvalue weighted by molar-refractivity contribution is -0.149. The zero-order chi connectivity index (χ0) is 17.1. The number of hydrogen-bond donors (Lipinski definition) is 0. The lowest BCUT2D eigenvalue weighted by Gasteiger charge is -2.08. The topological polar surface area (TPSA) is 91.2 Å². The molecule has 3 aromatic rings. The summed E-state index contributed by atoms with van der Waals surface area (Å²) in [6.07, 6.45) is -0.598. The molecule has 0 saturated carbocycles. The molecule has 3 rings (SSSR count). The van der Waals surface area contributed by atoms with Crippen LogP contribution in [0.25, 0.3) is 11.5 Å². The van der Waals surface area contributed by atoms with Crippen LogP contribution in [-0.2, 0) is 16.0 Å². The van der Waals surface area contributed by atoms with E-state index in [2.05, 4.69) is 15.1 Å². The minimum atomic E-state index is -0.612. The van der Waals surface area contributed by atoms with Crippen LogP contribution in [0.1, 0.15) is 36.2 Å². The molecule has 1 unspecified atom stereocenters. The number of carbonyl (C=O) groups excluding carboxylic acids is 1. The van der Waals surface area contributed by atoms with Crippen molar-refractivity contribution in [3.05, 3.63) is 53.5 Å². The number of benzene rings is 1. The molecule has 0 aliphatic rings. The van der Waals surface area contributed by atoms with Gasteiger partial charge in [0, 0.05) is 5.56 Å². The highest BCUT2D eigenvalue weighted by atomic mass is 16.6. The zero-order valence-electron chi connectivity index (χ0n) is 13.6. The molecule has 24 heavy (non-hydrogen) atoms. The SMILES string of the molecule is Cc1noc(C(C)OC(=O)Cc2nc(-c3ccccc3)oc2C)n1. The number of hydrogen-bond acceptors (Lipinski definition) is 7. The molecule has 0 radical (unpaired) electrons. The summed E-state index contributed by atoms with van der Waals surface area (Å²) in [5, 5.41) is 3.68. The molecule has 1 aromatic carbocycles. The van der Waals surface area contributed by atoms with Crippen LogP contribution in [0.4, 0.5) is 0 Å². The molecule has 0 amide bonds. The van der Waals surface area contributed by atoms with Crippen molar-refractivity contribution >= 4 is 5.97 Å². The van der Waals surface area contributed by atoms with Crippen LogP contribution < -0.4 is 0 Å². The van der Waals surface area contributed by atoms with Gasteiger partial charge in [-0.25, -0.2) is 4.98 Å². The van der Waals surface area contributed by atoms with Crippen molar-refractivity contribution in [3.8, 4) is 11.5 Å². The van der Waals surface area contributed by atoms with E-state index in [9.17, 15) is 4.79 Å². The Bertz CT molecular complexity index is 839. The highest BCUT2D eigenvalue weighted by Gasteiger charge is 2.20. The number of aromatic nitrogens is 3. The van der Waals surface area contributed by atoms with Crippen molar-refractivity contribution in [1.29, 1.82) is 0 Å². The molecule has 0 fully saturated rings. The molecule has 2 heterocycles. The molecule has 0 saturated heterocycles. The Kier molecular flexibility index (Phi) is 4.41. The molecule has 124 valence electrons. The van der Waals surface area contributed by atoms with Crippen molar-refractivity contribution in [2.45, 2.75) is 33.3 Å². The number of nitrogens with zero attached hydrogens (tertiary/aromatic N) is 3. The summed E-state index contributed by atoms with van der Waals surface area (Å²) in [4.78, 5) is 20.5. The second kappa shape index (κ2) is 6.66.